The summed E-state index contributed by atoms with van der Waals surface area (Å²) in [6, 6.07) is 5.39. The molecule has 0 aliphatic rings. The monoisotopic (exact) mass is 270 g/mol. The van der Waals surface area contributed by atoms with Crippen molar-refractivity contribution in [1.29, 1.82) is 5.41 Å². The van der Waals surface area contributed by atoms with E-state index in [9.17, 15) is 0 Å². The number of benzene rings is 1. The molecule has 82 valence electrons. The van der Waals surface area contributed by atoms with Crippen molar-refractivity contribution in [3.05, 3.63) is 28.2 Å². The Labute approximate surface area is 98.3 Å². The van der Waals surface area contributed by atoms with E-state index in [4.69, 9.17) is 15.9 Å². The minimum Gasteiger partial charge on any atom is -0.492 e. The lowest BCUT2D eigenvalue weighted by Gasteiger charge is -2.11. The molecular formula is C11H15BrN2O. The number of halogens is 1. The number of amidine groups is 1. The van der Waals surface area contributed by atoms with E-state index in [1.165, 1.54) is 0 Å². The summed E-state index contributed by atoms with van der Waals surface area (Å²) in [7, 11) is 0. The SMILES string of the molecule is CC(C)COc1ccc(C(=N)N)cc1Br. The first-order valence-electron chi connectivity index (χ1n) is 4.77. The van der Waals surface area contributed by atoms with Crippen LogP contribution in [0.1, 0.15) is 19.4 Å². The third kappa shape index (κ3) is 3.55. The average molecular weight is 271 g/mol. The molecule has 0 heterocycles. The zero-order valence-corrected chi connectivity index (χ0v) is 10.5. The van der Waals surface area contributed by atoms with E-state index >= 15 is 0 Å². The molecule has 0 aliphatic carbocycles. The highest BCUT2D eigenvalue weighted by Crippen LogP contribution is 2.26. The van der Waals surface area contributed by atoms with Crippen LogP contribution in [0.5, 0.6) is 5.75 Å². The van der Waals surface area contributed by atoms with E-state index in [1.54, 1.807) is 12.1 Å². The van der Waals surface area contributed by atoms with Gasteiger partial charge in [-0.1, -0.05) is 13.8 Å². The van der Waals surface area contributed by atoms with Crippen LogP contribution in [0.25, 0.3) is 0 Å². The van der Waals surface area contributed by atoms with Crippen LogP contribution in [0.15, 0.2) is 22.7 Å². The van der Waals surface area contributed by atoms with Gasteiger partial charge in [0, 0.05) is 5.56 Å². The Morgan fingerprint density at radius 1 is 1.53 bits per heavy atom. The van der Waals surface area contributed by atoms with Gasteiger partial charge in [0.1, 0.15) is 11.6 Å². The molecule has 0 aliphatic heterocycles. The fourth-order valence-electron chi connectivity index (χ4n) is 1.04. The van der Waals surface area contributed by atoms with E-state index in [-0.39, 0.29) is 5.84 Å². The highest BCUT2D eigenvalue weighted by molar-refractivity contribution is 9.10. The lowest BCUT2D eigenvalue weighted by molar-refractivity contribution is 0.269. The number of nitrogens with two attached hydrogens (primary N) is 1. The number of hydrogen-bond donors (Lipinski definition) is 2. The fraction of sp³-hybridized carbons (Fsp3) is 0.364. The molecule has 0 fully saturated rings. The van der Waals surface area contributed by atoms with Crippen LogP contribution in [0.2, 0.25) is 0 Å². The molecule has 0 saturated heterocycles. The maximum absolute atomic E-state index is 7.29. The molecule has 0 spiro atoms. The van der Waals surface area contributed by atoms with E-state index in [1.807, 2.05) is 6.07 Å². The summed E-state index contributed by atoms with van der Waals surface area (Å²) < 4.78 is 6.40. The molecule has 0 atom stereocenters. The highest BCUT2D eigenvalue weighted by Gasteiger charge is 2.05. The standard InChI is InChI=1S/C11H15BrN2O/c1-7(2)6-15-10-4-3-8(11(13)14)5-9(10)12/h3-5,7H,6H2,1-2H3,(H3,13,14). The average Bonchev–Trinajstić information content (AvgIpc) is 2.15. The fourth-order valence-corrected chi connectivity index (χ4v) is 1.54. The number of nitrogens with one attached hydrogen (secondary N) is 1. The number of rotatable bonds is 4. The summed E-state index contributed by atoms with van der Waals surface area (Å²) in [5, 5.41) is 7.29. The number of ether oxygens (including phenoxy) is 1. The zero-order chi connectivity index (χ0) is 11.4. The van der Waals surface area contributed by atoms with Crippen molar-refractivity contribution < 1.29 is 4.74 Å². The van der Waals surface area contributed by atoms with Crippen molar-refractivity contribution in [2.75, 3.05) is 6.61 Å². The van der Waals surface area contributed by atoms with Crippen LogP contribution in [0.3, 0.4) is 0 Å². The lowest BCUT2D eigenvalue weighted by atomic mass is 10.2. The first kappa shape index (κ1) is 12.0. The van der Waals surface area contributed by atoms with Gasteiger partial charge in [-0.25, -0.2) is 0 Å². The predicted octanol–water partition coefficient (Wildman–Crippen LogP) is 2.77. The van der Waals surface area contributed by atoms with Crippen molar-refractivity contribution in [3.63, 3.8) is 0 Å². The maximum Gasteiger partial charge on any atom is 0.133 e. The van der Waals surface area contributed by atoms with Crippen LogP contribution in [-0.4, -0.2) is 12.4 Å². The van der Waals surface area contributed by atoms with Gasteiger partial charge >= 0.3 is 0 Å². The summed E-state index contributed by atoms with van der Waals surface area (Å²) in [6.45, 7) is 4.87. The Morgan fingerprint density at radius 3 is 2.67 bits per heavy atom. The highest BCUT2D eigenvalue weighted by atomic mass is 79.9. The summed E-state index contributed by atoms with van der Waals surface area (Å²) in [5.74, 6) is 1.34. The third-order valence-corrected chi connectivity index (χ3v) is 2.43. The van der Waals surface area contributed by atoms with Crippen LogP contribution >= 0.6 is 15.9 Å². The second-order valence-corrected chi connectivity index (χ2v) is 4.62. The molecular weight excluding hydrogens is 256 g/mol. The molecule has 1 rings (SSSR count). The third-order valence-electron chi connectivity index (χ3n) is 1.82. The van der Waals surface area contributed by atoms with Crippen molar-refractivity contribution in [2.24, 2.45) is 11.7 Å². The molecule has 0 saturated carbocycles. The second kappa shape index (κ2) is 5.16. The molecule has 3 N–H and O–H groups in total. The second-order valence-electron chi connectivity index (χ2n) is 3.76. The maximum atomic E-state index is 7.29. The van der Waals surface area contributed by atoms with Crippen molar-refractivity contribution >= 4 is 21.8 Å². The van der Waals surface area contributed by atoms with Crippen LogP contribution < -0.4 is 10.5 Å². The summed E-state index contributed by atoms with van der Waals surface area (Å²) >= 11 is 3.39. The first-order valence-corrected chi connectivity index (χ1v) is 5.56. The topological polar surface area (TPSA) is 59.1 Å². The minimum absolute atomic E-state index is 0.0612. The van der Waals surface area contributed by atoms with Gasteiger partial charge in [0.2, 0.25) is 0 Å². The van der Waals surface area contributed by atoms with Gasteiger partial charge in [-0.15, -0.1) is 0 Å². The van der Waals surface area contributed by atoms with Gasteiger partial charge in [-0.3, -0.25) is 5.41 Å². The van der Waals surface area contributed by atoms with Crippen molar-refractivity contribution in [1.82, 2.24) is 0 Å². The molecule has 0 bridgehead atoms. The van der Waals surface area contributed by atoms with Gasteiger partial charge in [0.15, 0.2) is 0 Å². The smallest absolute Gasteiger partial charge is 0.133 e. The van der Waals surface area contributed by atoms with E-state index < -0.39 is 0 Å². The first-order chi connectivity index (χ1) is 7.00. The van der Waals surface area contributed by atoms with Gasteiger partial charge in [0.25, 0.3) is 0 Å². The molecule has 1 aromatic rings. The van der Waals surface area contributed by atoms with E-state index in [0.29, 0.717) is 18.1 Å². The molecule has 0 aromatic heterocycles. The van der Waals surface area contributed by atoms with Crippen LogP contribution in [0.4, 0.5) is 0 Å². The van der Waals surface area contributed by atoms with Gasteiger partial charge in [0.05, 0.1) is 11.1 Å². The van der Waals surface area contributed by atoms with Crippen molar-refractivity contribution in [3.8, 4) is 5.75 Å². The molecule has 0 unspecified atom stereocenters. The Morgan fingerprint density at radius 2 is 2.20 bits per heavy atom. The Balaban J connectivity index is 2.79. The van der Waals surface area contributed by atoms with Gasteiger partial charge in [-0.2, -0.15) is 0 Å². The van der Waals surface area contributed by atoms with E-state index in [0.717, 1.165) is 10.2 Å². The normalized spacial score (nSPS) is 10.4. The molecule has 1 aromatic carbocycles. The minimum atomic E-state index is 0.0612. The number of nitrogen functional groups attached to an aromatic ring is 1. The predicted molar refractivity (Wildman–Crippen MR) is 65.5 cm³/mol. The molecule has 15 heavy (non-hydrogen) atoms. The van der Waals surface area contributed by atoms with Crippen molar-refractivity contribution in [2.45, 2.75) is 13.8 Å². The molecule has 0 radical (unpaired) electrons. The zero-order valence-electron chi connectivity index (χ0n) is 8.88. The largest absolute Gasteiger partial charge is 0.492 e. The number of hydrogen-bond acceptors (Lipinski definition) is 2. The lowest BCUT2D eigenvalue weighted by Crippen LogP contribution is -2.11. The Hall–Kier alpha value is -1.03. The van der Waals surface area contributed by atoms with Crippen LogP contribution in [0, 0.1) is 11.3 Å². The Kier molecular flexibility index (Phi) is 4.15. The summed E-state index contributed by atoms with van der Waals surface area (Å²) in [6.07, 6.45) is 0. The molecule has 4 heteroatoms. The molecule has 0 amide bonds. The quantitative estimate of drug-likeness (QED) is 0.653. The summed E-state index contributed by atoms with van der Waals surface area (Å²) in [4.78, 5) is 0. The molecule has 3 nitrogen and oxygen atoms in total. The van der Waals surface area contributed by atoms with Crippen LogP contribution in [-0.2, 0) is 0 Å². The van der Waals surface area contributed by atoms with Gasteiger partial charge in [-0.05, 0) is 40.0 Å². The van der Waals surface area contributed by atoms with Gasteiger partial charge < -0.3 is 10.5 Å². The van der Waals surface area contributed by atoms with E-state index in [2.05, 4.69) is 29.8 Å². The summed E-state index contributed by atoms with van der Waals surface area (Å²) in [5.41, 5.74) is 6.07. The Bertz CT molecular complexity index is 364.